The quantitative estimate of drug-likeness (QED) is 0.790. The molecule has 1 saturated heterocycles. The van der Waals surface area contributed by atoms with Crippen molar-refractivity contribution in [2.24, 2.45) is 0 Å². The minimum atomic E-state index is -3.86. The Bertz CT molecular complexity index is 594. The molecule has 0 aliphatic carbocycles. The summed E-state index contributed by atoms with van der Waals surface area (Å²) < 4.78 is 31.0. The van der Waals surface area contributed by atoms with Gasteiger partial charge in [0.2, 0.25) is 5.91 Å². The average Bonchev–Trinajstić information content (AvgIpc) is 2.71. The zero-order chi connectivity index (χ0) is 14.0. The molecule has 1 amide bonds. The van der Waals surface area contributed by atoms with Gasteiger partial charge in [-0.05, 0) is 19.1 Å². The average molecular weight is 281 g/mol. The van der Waals surface area contributed by atoms with E-state index in [0.717, 1.165) is 4.31 Å². The van der Waals surface area contributed by atoms with Crippen molar-refractivity contribution in [2.45, 2.75) is 30.9 Å². The molecule has 1 atom stereocenters. The molecule has 5 nitrogen and oxygen atoms in total. The first-order valence-corrected chi connectivity index (χ1v) is 7.31. The second-order valence-corrected chi connectivity index (χ2v) is 6.14. The minimum absolute atomic E-state index is 0.0839. The zero-order valence-corrected chi connectivity index (χ0v) is 11.4. The Balaban J connectivity index is 2.37. The first-order chi connectivity index (χ1) is 8.93. The number of carbonyl (C=O) groups excluding carboxylic acids is 1. The number of ether oxygens (including phenoxy) is 1. The Morgan fingerprint density at radius 1 is 1.37 bits per heavy atom. The lowest BCUT2D eigenvalue weighted by molar-refractivity contribution is -0.127. The summed E-state index contributed by atoms with van der Waals surface area (Å²) >= 11 is 0. The molecule has 1 aliphatic heterocycles. The van der Waals surface area contributed by atoms with Crippen LogP contribution in [0.2, 0.25) is 0 Å². The fourth-order valence-corrected chi connectivity index (χ4v) is 3.51. The molecule has 1 heterocycles. The van der Waals surface area contributed by atoms with Gasteiger partial charge in [-0.25, -0.2) is 8.42 Å². The van der Waals surface area contributed by atoms with Gasteiger partial charge >= 0.3 is 0 Å². The molecule has 6 heteroatoms. The third-order valence-electron chi connectivity index (χ3n) is 2.75. The monoisotopic (exact) mass is 281 g/mol. The Morgan fingerprint density at radius 2 is 2.00 bits per heavy atom. The highest BCUT2D eigenvalue weighted by Crippen LogP contribution is 2.28. The molecule has 19 heavy (non-hydrogen) atoms. The van der Waals surface area contributed by atoms with E-state index >= 15 is 0 Å². The number of allylic oxidation sites excluding steroid dienone is 1. The van der Waals surface area contributed by atoms with Crippen LogP contribution in [0.1, 0.15) is 19.8 Å². The van der Waals surface area contributed by atoms with Crippen molar-refractivity contribution in [3.63, 3.8) is 0 Å². The van der Waals surface area contributed by atoms with Gasteiger partial charge in [-0.1, -0.05) is 24.8 Å². The van der Waals surface area contributed by atoms with Gasteiger partial charge in [-0.2, -0.15) is 4.31 Å². The number of sulfonamides is 1. The lowest BCUT2D eigenvalue weighted by atomic mass is 10.3. The summed E-state index contributed by atoms with van der Waals surface area (Å²) in [6.07, 6.45) is -0.294. The van der Waals surface area contributed by atoms with Crippen molar-refractivity contribution in [1.82, 2.24) is 4.31 Å². The van der Waals surface area contributed by atoms with Crippen molar-refractivity contribution in [3.8, 4) is 0 Å². The number of hydrogen-bond acceptors (Lipinski definition) is 4. The number of hydrogen-bond donors (Lipinski definition) is 0. The third-order valence-corrected chi connectivity index (χ3v) is 4.57. The van der Waals surface area contributed by atoms with Gasteiger partial charge in [0, 0.05) is 12.8 Å². The van der Waals surface area contributed by atoms with Crippen LogP contribution in [0, 0.1) is 0 Å². The molecule has 1 fully saturated rings. The SMILES string of the molecule is C=C(C)OC1CCC(=O)N1S(=O)(=O)c1ccccc1. The van der Waals surface area contributed by atoms with Gasteiger partial charge < -0.3 is 4.74 Å². The molecule has 1 aromatic carbocycles. The molecule has 1 aromatic rings. The molecule has 0 aromatic heterocycles. The van der Waals surface area contributed by atoms with Crippen LogP contribution in [0.15, 0.2) is 47.6 Å². The number of rotatable bonds is 4. The second kappa shape index (κ2) is 5.05. The third kappa shape index (κ3) is 2.63. The molecular weight excluding hydrogens is 266 g/mol. The van der Waals surface area contributed by atoms with E-state index in [4.69, 9.17) is 4.74 Å². The normalized spacial score (nSPS) is 19.5. The molecule has 0 spiro atoms. The topological polar surface area (TPSA) is 63.7 Å². The number of amides is 1. The summed E-state index contributed by atoms with van der Waals surface area (Å²) in [6.45, 7) is 5.20. The van der Waals surface area contributed by atoms with E-state index in [-0.39, 0.29) is 11.3 Å². The van der Waals surface area contributed by atoms with Crippen molar-refractivity contribution in [3.05, 3.63) is 42.7 Å². The smallest absolute Gasteiger partial charge is 0.269 e. The van der Waals surface area contributed by atoms with Crippen molar-refractivity contribution < 1.29 is 17.9 Å². The molecule has 0 bridgehead atoms. The number of nitrogens with zero attached hydrogens (tertiary/aromatic N) is 1. The summed E-state index contributed by atoms with van der Waals surface area (Å²) in [4.78, 5) is 11.9. The van der Waals surface area contributed by atoms with E-state index in [9.17, 15) is 13.2 Å². The van der Waals surface area contributed by atoms with Crippen molar-refractivity contribution >= 4 is 15.9 Å². The van der Waals surface area contributed by atoms with Crippen LogP contribution in [0.3, 0.4) is 0 Å². The fraction of sp³-hybridized carbons (Fsp3) is 0.308. The summed E-state index contributed by atoms with van der Waals surface area (Å²) in [5, 5.41) is 0. The van der Waals surface area contributed by atoms with Gasteiger partial charge in [0.1, 0.15) is 0 Å². The molecule has 102 valence electrons. The lowest BCUT2D eigenvalue weighted by Gasteiger charge is -2.24. The van der Waals surface area contributed by atoms with Gasteiger partial charge in [0.25, 0.3) is 10.0 Å². The molecule has 1 aliphatic rings. The van der Waals surface area contributed by atoms with E-state index in [1.165, 1.54) is 12.1 Å². The van der Waals surface area contributed by atoms with Gasteiger partial charge in [0.15, 0.2) is 6.23 Å². The predicted molar refractivity (Wildman–Crippen MR) is 69.4 cm³/mol. The Kier molecular flexibility index (Phi) is 3.61. The maximum absolute atomic E-state index is 12.4. The largest absolute Gasteiger partial charge is 0.475 e. The predicted octanol–water partition coefficient (Wildman–Crippen LogP) is 1.87. The molecule has 0 N–H and O–H groups in total. The van der Waals surface area contributed by atoms with Crippen LogP contribution in [0.5, 0.6) is 0 Å². The molecular formula is C13H15NO4S. The Labute approximate surface area is 112 Å². The van der Waals surface area contributed by atoms with E-state index < -0.39 is 22.2 Å². The van der Waals surface area contributed by atoms with E-state index in [2.05, 4.69) is 6.58 Å². The van der Waals surface area contributed by atoms with Crippen LogP contribution in [0.4, 0.5) is 0 Å². The van der Waals surface area contributed by atoms with Crippen LogP contribution in [0.25, 0.3) is 0 Å². The van der Waals surface area contributed by atoms with Gasteiger partial charge in [-0.15, -0.1) is 0 Å². The summed E-state index contributed by atoms with van der Waals surface area (Å²) in [6, 6.07) is 7.86. The first kappa shape index (κ1) is 13.6. The first-order valence-electron chi connectivity index (χ1n) is 5.87. The van der Waals surface area contributed by atoms with Crippen molar-refractivity contribution in [2.75, 3.05) is 0 Å². The van der Waals surface area contributed by atoms with E-state index in [1.807, 2.05) is 0 Å². The van der Waals surface area contributed by atoms with Crippen molar-refractivity contribution in [1.29, 1.82) is 0 Å². The molecule has 0 radical (unpaired) electrons. The van der Waals surface area contributed by atoms with Gasteiger partial charge in [-0.3, -0.25) is 4.79 Å². The maximum Gasteiger partial charge on any atom is 0.269 e. The van der Waals surface area contributed by atoms with Crippen LogP contribution in [-0.2, 0) is 19.6 Å². The second-order valence-electron chi connectivity index (χ2n) is 4.32. The van der Waals surface area contributed by atoms with Gasteiger partial charge in [0.05, 0.1) is 10.7 Å². The van der Waals surface area contributed by atoms with E-state index in [0.29, 0.717) is 12.2 Å². The maximum atomic E-state index is 12.4. The Morgan fingerprint density at radius 3 is 2.58 bits per heavy atom. The van der Waals surface area contributed by atoms with Crippen LogP contribution in [-0.4, -0.2) is 24.9 Å². The molecule has 2 rings (SSSR count). The number of benzene rings is 1. The summed E-state index contributed by atoms with van der Waals surface area (Å²) in [5.74, 6) is -0.0666. The highest BCUT2D eigenvalue weighted by atomic mass is 32.2. The number of carbonyl (C=O) groups is 1. The standard InChI is InChI=1S/C13H15NO4S/c1-10(2)18-13-9-8-12(15)14(13)19(16,17)11-6-4-3-5-7-11/h3-7,13H,1,8-9H2,2H3. The molecule has 0 saturated carbocycles. The van der Waals surface area contributed by atoms with Crippen LogP contribution < -0.4 is 0 Å². The minimum Gasteiger partial charge on any atom is -0.475 e. The zero-order valence-electron chi connectivity index (χ0n) is 10.6. The highest BCUT2D eigenvalue weighted by molar-refractivity contribution is 7.89. The summed E-state index contributed by atoms with van der Waals surface area (Å²) in [7, 11) is -3.86. The summed E-state index contributed by atoms with van der Waals surface area (Å²) in [5.41, 5.74) is 0. The van der Waals surface area contributed by atoms with E-state index in [1.54, 1.807) is 25.1 Å². The van der Waals surface area contributed by atoms with Crippen LogP contribution >= 0.6 is 0 Å². The fourth-order valence-electron chi connectivity index (χ4n) is 1.97. The Hall–Kier alpha value is -1.82. The lowest BCUT2D eigenvalue weighted by Crippen LogP contribution is -2.39. The molecule has 1 unspecified atom stereocenters. The highest BCUT2D eigenvalue weighted by Gasteiger charge is 2.41.